The van der Waals surface area contributed by atoms with Crippen molar-refractivity contribution in [2.75, 3.05) is 17.7 Å². The van der Waals surface area contributed by atoms with Crippen LogP contribution >= 0.6 is 23.1 Å². The number of hydrogen-bond donors (Lipinski definition) is 2. The average molecular weight is 356 g/mol. The number of rotatable bonds is 7. The standard InChI is InChI=1S/C14H20N4O3S2/c1-5-21-14(20)17-10(8(2)3)11(19)18-13-16-9(4)12(23-13)22-7-6-15/h8,10H,5,7H2,1-4H3,(H,17,20)(H,16,18,19). The number of carbonyl (C=O) groups is 2. The van der Waals surface area contributed by atoms with Crippen molar-refractivity contribution in [3.8, 4) is 6.07 Å². The van der Waals surface area contributed by atoms with Crippen LogP contribution in [0.2, 0.25) is 0 Å². The van der Waals surface area contributed by atoms with Gasteiger partial charge in [0.1, 0.15) is 6.04 Å². The van der Waals surface area contributed by atoms with Crippen LogP contribution in [0.15, 0.2) is 4.21 Å². The number of thiazole rings is 1. The van der Waals surface area contributed by atoms with Crippen molar-refractivity contribution >= 4 is 40.2 Å². The van der Waals surface area contributed by atoms with E-state index in [0.29, 0.717) is 10.9 Å². The maximum atomic E-state index is 12.4. The van der Waals surface area contributed by atoms with E-state index in [1.807, 2.05) is 20.8 Å². The van der Waals surface area contributed by atoms with E-state index in [9.17, 15) is 9.59 Å². The molecule has 126 valence electrons. The number of carbonyl (C=O) groups excluding carboxylic acids is 2. The van der Waals surface area contributed by atoms with Gasteiger partial charge in [-0.15, -0.1) is 0 Å². The first-order valence-electron chi connectivity index (χ1n) is 7.10. The van der Waals surface area contributed by atoms with Crippen molar-refractivity contribution in [1.29, 1.82) is 5.26 Å². The summed E-state index contributed by atoms with van der Waals surface area (Å²) in [7, 11) is 0. The maximum Gasteiger partial charge on any atom is 0.407 e. The third kappa shape index (κ3) is 6.08. The molecule has 0 bridgehead atoms. The van der Waals surface area contributed by atoms with Gasteiger partial charge in [-0.25, -0.2) is 9.78 Å². The molecule has 0 aliphatic rings. The second-order valence-electron chi connectivity index (χ2n) is 4.91. The number of anilines is 1. The SMILES string of the molecule is CCOC(=O)NC(C(=O)Nc1nc(C)c(SCC#N)s1)C(C)C. The van der Waals surface area contributed by atoms with Crippen molar-refractivity contribution in [3.63, 3.8) is 0 Å². The number of amides is 2. The molecule has 9 heteroatoms. The third-order valence-electron chi connectivity index (χ3n) is 2.75. The highest BCUT2D eigenvalue weighted by molar-refractivity contribution is 8.01. The Morgan fingerprint density at radius 2 is 2.17 bits per heavy atom. The monoisotopic (exact) mass is 356 g/mol. The number of aromatic nitrogens is 1. The lowest BCUT2D eigenvalue weighted by atomic mass is 10.0. The lowest BCUT2D eigenvalue weighted by Gasteiger charge is -2.20. The Bertz CT molecular complexity index is 595. The number of nitriles is 1. The predicted octanol–water partition coefficient (Wildman–Crippen LogP) is 2.78. The van der Waals surface area contributed by atoms with Gasteiger partial charge in [-0.1, -0.05) is 36.9 Å². The quantitative estimate of drug-likeness (QED) is 0.728. The minimum Gasteiger partial charge on any atom is -0.450 e. The Hall–Kier alpha value is -1.79. The maximum absolute atomic E-state index is 12.4. The molecule has 1 aromatic heterocycles. The van der Waals surface area contributed by atoms with Gasteiger partial charge in [-0.05, 0) is 19.8 Å². The van der Waals surface area contributed by atoms with E-state index in [-0.39, 0.29) is 18.4 Å². The van der Waals surface area contributed by atoms with Gasteiger partial charge in [0.15, 0.2) is 5.13 Å². The molecular weight excluding hydrogens is 336 g/mol. The molecule has 1 heterocycles. The first-order valence-corrected chi connectivity index (χ1v) is 8.90. The fourth-order valence-electron chi connectivity index (χ4n) is 1.69. The molecule has 0 saturated carbocycles. The first kappa shape index (κ1) is 19.3. The zero-order valence-corrected chi connectivity index (χ0v) is 15.1. The zero-order chi connectivity index (χ0) is 17.4. The van der Waals surface area contributed by atoms with Crippen molar-refractivity contribution in [2.45, 2.75) is 37.9 Å². The summed E-state index contributed by atoms with van der Waals surface area (Å²) in [4.78, 5) is 28.2. The number of thioether (sulfide) groups is 1. The van der Waals surface area contributed by atoms with Crippen LogP contribution in [0.5, 0.6) is 0 Å². The second-order valence-corrected chi connectivity index (χ2v) is 7.16. The van der Waals surface area contributed by atoms with E-state index >= 15 is 0 Å². The lowest BCUT2D eigenvalue weighted by Crippen LogP contribution is -2.47. The molecule has 7 nitrogen and oxygen atoms in total. The lowest BCUT2D eigenvalue weighted by molar-refractivity contribution is -0.119. The van der Waals surface area contributed by atoms with Gasteiger partial charge < -0.3 is 15.4 Å². The van der Waals surface area contributed by atoms with Crippen molar-refractivity contribution in [2.24, 2.45) is 5.92 Å². The normalized spacial score (nSPS) is 11.7. The smallest absolute Gasteiger partial charge is 0.407 e. The Balaban J connectivity index is 2.75. The van der Waals surface area contributed by atoms with Crippen molar-refractivity contribution < 1.29 is 14.3 Å². The number of alkyl carbamates (subject to hydrolysis) is 1. The molecule has 0 spiro atoms. The summed E-state index contributed by atoms with van der Waals surface area (Å²) >= 11 is 2.69. The molecule has 0 fully saturated rings. The summed E-state index contributed by atoms with van der Waals surface area (Å²) in [6.07, 6.45) is -0.623. The molecular formula is C14H20N4O3S2. The Morgan fingerprint density at radius 1 is 1.48 bits per heavy atom. The molecule has 1 atom stereocenters. The van der Waals surface area contributed by atoms with Crippen LogP contribution in [-0.2, 0) is 9.53 Å². The summed E-state index contributed by atoms with van der Waals surface area (Å²) in [5, 5.41) is 14.3. The fraction of sp³-hybridized carbons (Fsp3) is 0.571. The summed E-state index contributed by atoms with van der Waals surface area (Å²) < 4.78 is 5.70. The minimum absolute atomic E-state index is 0.104. The molecule has 0 radical (unpaired) electrons. The van der Waals surface area contributed by atoms with E-state index in [2.05, 4.69) is 21.7 Å². The van der Waals surface area contributed by atoms with Gasteiger partial charge in [0.25, 0.3) is 0 Å². The van der Waals surface area contributed by atoms with Crippen LogP contribution in [0.4, 0.5) is 9.93 Å². The highest BCUT2D eigenvalue weighted by atomic mass is 32.2. The van der Waals surface area contributed by atoms with Gasteiger partial charge in [0.05, 0.1) is 28.3 Å². The van der Waals surface area contributed by atoms with Crippen LogP contribution in [0.25, 0.3) is 0 Å². The van der Waals surface area contributed by atoms with Crippen LogP contribution in [0.1, 0.15) is 26.5 Å². The Labute approximate surface area is 143 Å². The molecule has 0 saturated heterocycles. The van der Waals surface area contributed by atoms with Gasteiger partial charge in [-0.2, -0.15) is 5.26 Å². The molecule has 0 aromatic carbocycles. The summed E-state index contributed by atoms with van der Waals surface area (Å²) in [5.41, 5.74) is 0.769. The molecule has 23 heavy (non-hydrogen) atoms. The highest BCUT2D eigenvalue weighted by Crippen LogP contribution is 2.31. The van der Waals surface area contributed by atoms with Crippen LogP contribution in [0, 0.1) is 24.2 Å². The summed E-state index contributed by atoms with van der Waals surface area (Å²) in [6.45, 7) is 7.42. The van der Waals surface area contributed by atoms with E-state index < -0.39 is 12.1 Å². The Kier molecular flexibility index (Phi) is 7.85. The van der Waals surface area contributed by atoms with Crippen LogP contribution in [0.3, 0.4) is 0 Å². The van der Waals surface area contributed by atoms with Gasteiger partial charge in [0, 0.05) is 0 Å². The average Bonchev–Trinajstić information content (AvgIpc) is 2.82. The zero-order valence-electron chi connectivity index (χ0n) is 13.5. The minimum atomic E-state index is -0.714. The van der Waals surface area contributed by atoms with Gasteiger partial charge in [0.2, 0.25) is 5.91 Å². The van der Waals surface area contributed by atoms with Crippen molar-refractivity contribution in [3.05, 3.63) is 5.69 Å². The number of nitrogens with one attached hydrogen (secondary N) is 2. The second kappa shape index (κ2) is 9.37. The summed E-state index contributed by atoms with van der Waals surface area (Å²) in [6, 6.07) is 1.34. The number of aryl methyl sites for hydroxylation is 1. The molecule has 1 unspecified atom stereocenters. The molecule has 2 amide bonds. The van der Waals surface area contributed by atoms with E-state index in [4.69, 9.17) is 10.00 Å². The molecule has 0 aliphatic carbocycles. The largest absolute Gasteiger partial charge is 0.450 e. The molecule has 2 N–H and O–H groups in total. The molecule has 1 aromatic rings. The van der Waals surface area contributed by atoms with Gasteiger partial charge in [-0.3, -0.25) is 4.79 Å². The number of nitrogens with zero attached hydrogens (tertiary/aromatic N) is 2. The molecule has 0 aliphatic heterocycles. The number of ether oxygens (including phenoxy) is 1. The van der Waals surface area contributed by atoms with E-state index in [1.54, 1.807) is 6.92 Å². The van der Waals surface area contributed by atoms with E-state index in [0.717, 1.165) is 9.90 Å². The van der Waals surface area contributed by atoms with E-state index in [1.165, 1.54) is 23.1 Å². The van der Waals surface area contributed by atoms with Crippen molar-refractivity contribution in [1.82, 2.24) is 10.3 Å². The van der Waals surface area contributed by atoms with Crippen LogP contribution < -0.4 is 10.6 Å². The highest BCUT2D eigenvalue weighted by Gasteiger charge is 2.25. The number of hydrogen-bond acceptors (Lipinski definition) is 7. The van der Waals surface area contributed by atoms with Gasteiger partial charge >= 0.3 is 6.09 Å². The topological polar surface area (TPSA) is 104 Å². The van der Waals surface area contributed by atoms with Crippen LogP contribution in [-0.4, -0.2) is 35.4 Å². The predicted molar refractivity (Wildman–Crippen MR) is 90.6 cm³/mol. The first-order chi connectivity index (χ1) is 10.9. The Morgan fingerprint density at radius 3 is 2.74 bits per heavy atom. The fourth-order valence-corrected chi connectivity index (χ4v) is 3.49. The summed E-state index contributed by atoms with van der Waals surface area (Å²) in [5.74, 6) is -0.123. The molecule has 1 rings (SSSR count). The third-order valence-corrected chi connectivity index (χ3v) is 5.05.